The van der Waals surface area contributed by atoms with E-state index in [4.69, 9.17) is 4.74 Å². The summed E-state index contributed by atoms with van der Waals surface area (Å²) in [6, 6.07) is 3.02. The van der Waals surface area contributed by atoms with Gasteiger partial charge in [0.25, 0.3) is 5.91 Å². The maximum absolute atomic E-state index is 11.7. The number of carbonyl (C=O) groups excluding carboxylic acids is 1. The van der Waals surface area contributed by atoms with Gasteiger partial charge in [-0.1, -0.05) is 12.8 Å². The lowest BCUT2D eigenvalue weighted by Gasteiger charge is -2.11. The first-order chi connectivity index (χ1) is 8.77. The number of hydrogen-bond acceptors (Lipinski definition) is 4. The number of nitrogens with one attached hydrogen (secondary N) is 1. The SMILES string of the molecule is O=C(NCCOC1CCCC1)c1ncccc1O. The highest BCUT2D eigenvalue weighted by molar-refractivity contribution is 5.94. The Morgan fingerprint density at radius 3 is 3.00 bits per heavy atom. The Balaban J connectivity index is 1.70. The predicted molar refractivity (Wildman–Crippen MR) is 66.4 cm³/mol. The summed E-state index contributed by atoms with van der Waals surface area (Å²) < 4.78 is 5.62. The van der Waals surface area contributed by atoms with Crippen molar-refractivity contribution in [3.63, 3.8) is 0 Å². The summed E-state index contributed by atoms with van der Waals surface area (Å²) in [5, 5.41) is 12.1. The van der Waals surface area contributed by atoms with E-state index in [1.807, 2.05) is 0 Å². The van der Waals surface area contributed by atoms with E-state index in [1.165, 1.54) is 25.1 Å². The molecule has 1 aromatic heterocycles. The van der Waals surface area contributed by atoms with Crippen LogP contribution in [0.3, 0.4) is 0 Å². The zero-order valence-electron chi connectivity index (χ0n) is 10.3. The summed E-state index contributed by atoms with van der Waals surface area (Å²) in [6.45, 7) is 0.940. The van der Waals surface area contributed by atoms with E-state index in [9.17, 15) is 9.90 Å². The predicted octanol–water partition coefficient (Wildman–Crippen LogP) is 1.48. The molecule has 5 nitrogen and oxygen atoms in total. The number of aromatic nitrogens is 1. The van der Waals surface area contributed by atoms with Gasteiger partial charge in [-0.25, -0.2) is 4.98 Å². The van der Waals surface area contributed by atoms with Gasteiger partial charge in [0.15, 0.2) is 5.69 Å². The maximum atomic E-state index is 11.7. The molecule has 2 N–H and O–H groups in total. The second-order valence-corrected chi connectivity index (χ2v) is 4.40. The third kappa shape index (κ3) is 3.43. The molecule has 1 aromatic rings. The molecule has 98 valence electrons. The normalized spacial score (nSPS) is 15.8. The number of ether oxygens (including phenoxy) is 1. The van der Waals surface area contributed by atoms with Crippen LogP contribution in [0.25, 0.3) is 0 Å². The number of aromatic hydroxyl groups is 1. The topological polar surface area (TPSA) is 71.5 Å². The number of hydrogen-bond donors (Lipinski definition) is 2. The van der Waals surface area contributed by atoms with E-state index in [1.54, 1.807) is 6.07 Å². The van der Waals surface area contributed by atoms with Gasteiger partial charge in [-0.2, -0.15) is 0 Å². The molecule has 1 aliphatic rings. The van der Waals surface area contributed by atoms with Crippen molar-refractivity contribution in [2.45, 2.75) is 31.8 Å². The van der Waals surface area contributed by atoms with Crippen molar-refractivity contribution < 1.29 is 14.6 Å². The number of nitrogens with zero attached hydrogens (tertiary/aromatic N) is 1. The Bertz CT molecular complexity index is 403. The Morgan fingerprint density at radius 1 is 1.50 bits per heavy atom. The van der Waals surface area contributed by atoms with E-state index in [0.717, 1.165) is 12.8 Å². The van der Waals surface area contributed by atoms with Crippen LogP contribution in [0.15, 0.2) is 18.3 Å². The van der Waals surface area contributed by atoms with Gasteiger partial charge in [-0.3, -0.25) is 4.79 Å². The van der Waals surface area contributed by atoms with Gasteiger partial charge in [-0.15, -0.1) is 0 Å². The Kier molecular flexibility index (Phi) is 4.52. The lowest BCUT2D eigenvalue weighted by molar-refractivity contribution is 0.0580. The fraction of sp³-hybridized carbons (Fsp3) is 0.538. The van der Waals surface area contributed by atoms with Crippen molar-refractivity contribution in [3.05, 3.63) is 24.0 Å². The first-order valence-corrected chi connectivity index (χ1v) is 6.31. The molecule has 1 saturated carbocycles. The highest BCUT2D eigenvalue weighted by Crippen LogP contribution is 2.20. The van der Waals surface area contributed by atoms with E-state index < -0.39 is 0 Å². The molecular formula is C13H18N2O3. The number of pyridine rings is 1. The molecule has 1 heterocycles. The second-order valence-electron chi connectivity index (χ2n) is 4.40. The molecule has 1 fully saturated rings. The summed E-state index contributed by atoms with van der Waals surface area (Å²) >= 11 is 0. The van der Waals surface area contributed by atoms with Crippen molar-refractivity contribution in [1.29, 1.82) is 0 Å². The molecule has 0 aliphatic heterocycles. The number of rotatable bonds is 5. The van der Waals surface area contributed by atoms with Crippen LogP contribution < -0.4 is 5.32 Å². The van der Waals surface area contributed by atoms with Crippen LogP contribution in [-0.2, 0) is 4.74 Å². The fourth-order valence-corrected chi connectivity index (χ4v) is 2.10. The van der Waals surface area contributed by atoms with E-state index >= 15 is 0 Å². The molecule has 0 saturated heterocycles. The van der Waals surface area contributed by atoms with Crippen LogP contribution in [0.5, 0.6) is 5.75 Å². The quantitative estimate of drug-likeness (QED) is 0.776. The van der Waals surface area contributed by atoms with Gasteiger partial charge in [-0.05, 0) is 25.0 Å². The van der Waals surface area contributed by atoms with Gasteiger partial charge in [0.2, 0.25) is 0 Å². The minimum Gasteiger partial charge on any atom is -0.505 e. The highest BCUT2D eigenvalue weighted by Gasteiger charge is 2.15. The first kappa shape index (κ1) is 12.8. The third-order valence-corrected chi connectivity index (χ3v) is 3.04. The molecule has 0 bridgehead atoms. The maximum Gasteiger partial charge on any atom is 0.273 e. The average molecular weight is 250 g/mol. The zero-order chi connectivity index (χ0) is 12.8. The monoisotopic (exact) mass is 250 g/mol. The average Bonchev–Trinajstić information content (AvgIpc) is 2.88. The van der Waals surface area contributed by atoms with Crippen LogP contribution in [0, 0.1) is 0 Å². The minimum absolute atomic E-state index is 0.0540. The van der Waals surface area contributed by atoms with Crippen LogP contribution in [0.1, 0.15) is 36.2 Å². The molecule has 0 aromatic carbocycles. The standard InChI is InChI=1S/C13H18N2O3/c16-11-6-3-7-14-12(11)13(17)15-8-9-18-10-4-1-2-5-10/h3,6-7,10,16H,1-2,4-5,8-9H2,(H,15,17). The minimum atomic E-state index is -0.372. The Labute approximate surface area is 106 Å². The van der Waals surface area contributed by atoms with E-state index in [2.05, 4.69) is 10.3 Å². The smallest absolute Gasteiger partial charge is 0.273 e. The van der Waals surface area contributed by atoms with E-state index in [-0.39, 0.29) is 17.4 Å². The first-order valence-electron chi connectivity index (χ1n) is 6.31. The number of amides is 1. The lowest BCUT2D eigenvalue weighted by atomic mass is 10.3. The second kappa shape index (κ2) is 6.35. The Morgan fingerprint density at radius 2 is 2.28 bits per heavy atom. The molecule has 18 heavy (non-hydrogen) atoms. The molecule has 1 amide bonds. The molecule has 0 unspecified atom stereocenters. The van der Waals surface area contributed by atoms with Crippen LogP contribution in [0.4, 0.5) is 0 Å². The van der Waals surface area contributed by atoms with Crippen molar-refractivity contribution >= 4 is 5.91 Å². The van der Waals surface area contributed by atoms with Crippen molar-refractivity contribution in [1.82, 2.24) is 10.3 Å². The number of carbonyl (C=O) groups is 1. The van der Waals surface area contributed by atoms with Crippen molar-refractivity contribution in [2.24, 2.45) is 0 Å². The molecule has 5 heteroatoms. The van der Waals surface area contributed by atoms with Gasteiger partial charge in [0.1, 0.15) is 5.75 Å². The summed E-state index contributed by atoms with van der Waals surface area (Å²) in [4.78, 5) is 15.5. The van der Waals surface area contributed by atoms with Gasteiger partial charge >= 0.3 is 0 Å². The summed E-state index contributed by atoms with van der Waals surface area (Å²) in [7, 11) is 0. The Hall–Kier alpha value is -1.62. The van der Waals surface area contributed by atoms with Crippen LogP contribution in [0.2, 0.25) is 0 Å². The van der Waals surface area contributed by atoms with Crippen molar-refractivity contribution in [3.8, 4) is 5.75 Å². The van der Waals surface area contributed by atoms with Gasteiger partial charge in [0, 0.05) is 12.7 Å². The molecule has 0 radical (unpaired) electrons. The highest BCUT2D eigenvalue weighted by atomic mass is 16.5. The largest absolute Gasteiger partial charge is 0.505 e. The molecule has 2 rings (SSSR count). The van der Waals surface area contributed by atoms with Gasteiger partial charge in [0.05, 0.1) is 12.7 Å². The molecule has 0 atom stereocenters. The molecular weight excluding hydrogens is 232 g/mol. The third-order valence-electron chi connectivity index (χ3n) is 3.04. The molecule has 0 spiro atoms. The lowest BCUT2D eigenvalue weighted by Crippen LogP contribution is -2.29. The summed E-state index contributed by atoms with van der Waals surface area (Å²) in [5.74, 6) is -0.477. The van der Waals surface area contributed by atoms with Crippen LogP contribution in [-0.4, -0.2) is 35.3 Å². The molecule has 1 aliphatic carbocycles. The zero-order valence-corrected chi connectivity index (χ0v) is 10.3. The van der Waals surface area contributed by atoms with E-state index in [0.29, 0.717) is 19.3 Å². The van der Waals surface area contributed by atoms with Gasteiger partial charge < -0.3 is 15.2 Å². The van der Waals surface area contributed by atoms with Crippen LogP contribution >= 0.6 is 0 Å². The summed E-state index contributed by atoms with van der Waals surface area (Å²) in [5.41, 5.74) is 0.0540. The fourth-order valence-electron chi connectivity index (χ4n) is 2.10. The summed E-state index contributed by atoms with van der Waals surface area (Å²) in [6.07, 6.45) is 6.54. The van der Waals surface area contributed by atoms with Crippen molar-refractivity contribution in [2.75, 3.05) is 13.2 Å².